The molecule has 1 atom stereocenters. The van der Waals surface area contributed by atoms with Crippen LogP contribution in [0.15, 0.2) is 24.3 Å². The Labute approximate surface area is 124 Å². The first-order valence-corrected chi connectivity index (χ1v) is 7.36. The molecule has 2 amide bonds. The largest absolute Gasteiger partial charge is 0.344 e. The number of para-hydroxylation sites is 1. The van der Waals surface area contributed by atoms with Crippen molar-refractivity contribution in [1.29, 1.82) is 0 Å². The highest BCUT2D eigenvalue weighted by atomic mass is 35.5. The molecule has 1 unspecified atom stereocenters. The molecule has 0 aliphatic carbocycles. The Hall–Kier alpha value is -1.55. The maximum absolute atomic E-state index is 12.3. The van der Waals surface area contributed by atoms with Gasteiger partial charge in [0.25, 0.3) is 0 Å². The van der Waals surface area contributed by atoms with Gasteiger partial charge in [-0.3, -0.25) is 9.59 Å². The fourth-order valence-electron chi connectivity index (χ4n) is 2.33. The molecule has 1 N–H and O–H groups in total. The molecule has 1 fully saturated rings. The van der Waals surface area contributed by atoms with E-state index in [4.69, 9.17) is 11.6 Å². The average molecular weight is 295 g/mol. The molecule has 0 radical (unpaired) electrons. The summed E-state index contributed by atoms with van der Waals surface area (Å²) in [5.41, 5.74) is 0.712. The molecule has 2 rings (SSSR count). The lowest BCUT2D eigenvalue weighted by molar-refractivity contribution is -0.126. The number of nitrogens with one attached hydrogen (secondary N) is 1. The zero-order chi connectivity index (χ0) is 14.5. The zero-order valence-corrected chi connectivity index (χ0v) is 12.3. The molecule has 108 valence electrons. The van der Waals surface area contributed by atoms with Gasteiger partial charge in [0, 0.05) is 13.0 Å². The molecule has 20 heavy (non-hydrogen) atoms. The van der Waals surface area contributed by atoms with Gasteiger partial charge < -0.3 is 10.2 Å². The van der Waals surface area contributed by atoms with Crippen LogP contribution in [0.1, 0.15) is 32.6 Å². The van der Waals surface area contributed by atoms with Gasteiger partial charge in [-0.05, 0) is 25.0 Å². The van der Waals surface area contributed by atoms with Crippen molar-refractivity contribution < 1.29 is 9.59 Å². The summed E-state index contributed by atoms with van der Waals surface area (Å²) in [7, 11) is 0. The van der Waals surface area contributed by atoms with Crippen LogP contribution in [0, 0.1) is 0 Å². The predicted octanol–water partition coefficient (Wildman–Crippen LogP) is 2.75. The van der Waals surface area contributed by atoms with E-state index in [2.05, 4.69) is 5.32 Å². The van der Waals surface area contributed by atoms with E-state index in [1.54, 1.807) is 11.0 Å². The summed E-state index contributed by atoms with van der Waals surface area (Å²) in [6, 6.07) is 6.84. The number of unbranched alkanes of at least 4 members (excludes halogenated alkanes) is 1. The number of halogens is 1. The van der Waals surface area contributed by atoms with Crippen molar-refractivity contribution >= 4 is 29.1 Å². The summed E-state index contributed by atoms with van der Waals surface area (Å²) in [5, 5.41) is 3.36. The Morgan fingerprint density at radius 1 is 1.45 bits per heavy atom. The maximum Gasteiger partial charge on any atom is 0.249 e. The first kappa shape index (κ1) is 14.9. The van der Waals surface area contributed by atoms with Crippen LogP contribution in [-0.2, 0) is 9.59 Å². The molecule has 0 aromatic heterocycles. The minimum Gasteiger partial charge on any atom is -0.344 e. The van der Waals surface area contributed by atoms with Gasteiger partial charge in [0.1, 0.15) is 6.04 Å². The van der Waals surface area contributed by atoms with E-state index in [0.29, 0.717) is 30.1 Å². The molecular weight excluding hydrogens is 276 g/mol. The minimum atomic E-state index is -0.421. The van der Waals surface area contributed by atoms with Crippen LogP contribution in [0.3, 0.4) is 0 Å². The number of hydrogen-bond donors (Lipinski definition) is 1. The second-order valence-electron chi connectivity index (χ2n) is 4.95. The van der Waals surface area contributed by atoms with Gasteiger partial charge in [0.2, 0.25) is 11.8 Å². The number of hydrogen-bond acceptors (Lipinski definition) is 2. The first-order chi connectivity index (χ1) is 9.63. The number of benzene rings is 1. The summed E-state index contributed by atoms with van der Waals surface area (Å²) in [6.07, 6.45) is 2.92. The second kappa shape index (κ2) is 6.75. The maximum atomic E-state index is 12.3. The van der Waals surface area contributed by atoms with Crippen molar-refractivity contribution in [2.75, 3.05) is 11.4 Å². The monoisotopic (exact) mass is 294 g/mol. The molecule has 0 spiro atoms. The number of nitrogens with zero attached hydrogens (tertiary/aromatic N) is 1. The standard InChI is InChI=1S/C15H19ClN2O2/c1-2-3-8-14(19)17-12-9-10-18(15(12)20)13-7-5-4-6-11(13)16/h4-7,12H,2-3,8-10H2,1H3,(H,17,19). The lowest BCUT2D eigenvalue weighted by atomic mass is 10.2. The third kappa shape index (κ3) is 3.31. The molecule has 1 aromatic carbocycles. The Morgan fingerprint density at radius 2 is 2.20 bits per heavy atom. The van der Waals surface area contributed by atoms with Crippen LogP contribution in [-0.4, -0.2) is 24.4 Å². The molecule has 1 aliphatic rings. The van der Waals surface area contributed by atoms with Gasteiger partial charge in [-0.2, -0.15) is 0 Å². The van der Waals surface area contributed by atoms with Gasteiger partial charge >= 0.3 is 0 Å². The van der Waals surface area contributed by atoms with Crippen molar-refractivity contribution in [2.45, 2.75) is 38.6 Å². The third-order valence-electron chi connectivity index (χ3n) is 3.44. The molecule has 4 nitrogen and oxygen atoms in total. The summed E-state index contributed by atoms with van der Waals surface area (Å²) in [4.78, 5) is 25.7. The van der Waals surface area contributed by atoms with E-state index in [1.807, 2.05) is 25.1 Å². The third-order valence-corrected chi connectivity index (χ3v) is 3.76. The molecule has 1 aromatic rings. The number of carbonyl (C=O) groups is 2. The molecule has 5 heteroatoms. The number of anilines is 1. The smallest absolute Gasteiger partial charge is 0.249 e. The fraction of sp³-hybridized carbons (Fsp3) is 0.467. The average Bonchev–Trinajstić information content (AvgIpc) is 2.79. The molecule has 0 saturated carbocycles. The Bertz CT molecular complexity index is 504. The summed E-state index contributed by atoms with van der Waals surface area (Å²) >= 11 is 6.11. The second-order valence-corrected chi connectivity index (χ2v) is 5.36. The van der Waals surface area contributed by atoms with Crippen LogP contribution < -0.4 is 10.2 Å². The molecule has 1 heterocycles. The topological polar surface area (TPSA) is 49.4 Å². The molecule has 1 saturated heterocycles. The van der Waals surface area contributed by atoms with E-state index in [1.165, 1.54) is 0 Å². The highest BCUT2D eigenvalue weighted by molar-refractivity contribution is 6.34. The van der Waals surface area contributed by atoms with Crippen molar-refractivity contribution in [3.05, 3.63) is 29.3 Å². The quantitative estimate of drug-likeness (QED) is 0.908. The van der Waals surface area contributed by atoms with Crippen LogP contribution in [0.5, 0.6) is 0 Å². The van der Waals surface area contributed by atoms with Crippen LogP contribution in [0.2, 0.25) is 5.02 Å². The van der Waals surface area contributed by atoms with E-state index in [0.717, 1.165) is 12.8 Å². The van der Waals surface area contributed by atoms with E-state index in [9.17, 15) is 9.59 Å². The van der Waals surface area contributed by atoms with Crippen molar-refractivity contribution in [3.63, 3.8) is 0 Å². The molecule has 0 bridgehead atoms. The normalized spacial score (nSPS) is 18.4. The number of carbonyl (C=O) groups excluding carboxylic acids is 2. The Balaban J connectivity index is 1.99. The number of amides is 2. The summed E-state index contributed by atoms with van der Waals surface area (Å²) < 4.78 is 0. The summed E-state index contributed by atoms with van der Waals surface area (Å²) in [5.74, 6) is -0.130. The minimum absolute atomic E-state index is 0.0498. The van der Waals surface area contributed by atoms with Gasteiger partial charge in [-0.25, -0.2) is 0 Å². The molecular formula is C15H19ClN2O2. The van der Waals surface area contributed by atoms with Crippen molar-refractivity contribution in [3.8, 4) is 0 Å². The van der Waals surface area contributed by atoms with Crippen LogP contribution in [0.25, 0.3) is 0 Å². The summed E-state index contributed by atoms with van der Waals surface area (Å²) in [6.45, 7) is 2.62. The van der Waals surface area contributed by atoms with E-state index < -0.39 is 6.04 Å². The Kier molecular flexibility index (Phi) is 5.01. The lowest BCUT2D eigenvalue weighted by Gasteiger charge is -2.18. The predicted molar refractivity (Wildman–Crippen MR) is 79.9 cm³/mol. The Morgan fingerprint density at radius 3 is 2.90 bits per heavy atom. The highest BCUT2D eigenvalue weighted by Crippen LogP contribution is 2.28. The van der Waals surface area contributed by atoms with Gasteiger partial charge in [-0.15, -0.1) is 0 Å². The van der Waals surface area contributed by atoms with Crippen molar-refractivity contribution in [1.82, 2.24) is 5.32 Å². The lowest BCUT2D eigenvalue weighted by Crippen LogP contribution is -2.41. The van der Waals surface area contributed by atoms with E-state index >= 15 is 0 Å². The van der Waals surface area contributed by atoms with Crippen LogP contribution in [0.4, 0.5) is 5.69 Å². The van der Waals surface area contributed by atoms with E-state index in [-0.39, 0.29) is 11.8 Å². The van der Waals surface area contributed by atoms with Gasteiger partial charge in [0.15, 0.2) is 0 Å². The van der Waals surface area contributed by atoms with Crippen LogP contribution >= 0.6 is 11.6 Å². The SMILES string of the molecule is CCCCC(=O)NC1CCN(c2ccccc2Cl)C1=O. The van der Waals surface area contributed by atoms with Gasteiger partial charge in [-0.1, -0.05) is 37.1 Å². The fourth-order valence-corrected chi connectivity index (χ4v) is 2.57. The zero-order valence-electron chi connectivity index (χ0n) is 11.6. The molecule has 1 aliphatic heterocycles. The van der Waals surface area contributed by atoms with Gasteiger partial charge in [0.05, 0.1) is 10.7 Å². The first-order valence-electron chi connectivity index (χ1n) is 6.98. The van der Waals surface area contributed by atoms with Crippen molar-refractivity contribution in [2.24, 2.45) is 0 Å². The number of rotatable bonds is 5. The highest BCUT2D eigenvalue weighted by Gasteiger charge is 2.34.